The van der Waals surface area contributed by atoms with Gasteiger partial charge in [0.2, 0.25) is 11.8 Å². The number of hydrogen-bond acceptors (Lipinski definition) is 10. The van der Waals surface area contributed by atoms with E-state index in [0.717, 1.165) is 0 Å². The molecule has 0 aliphatic carbocycles. The van der Waals surface area contributed by atoms with Crippen LogP contribution in [0.15, 0.2) is 20.0 Å². The van der Waals surface area contributed by atoms with Crippen LogP contribution in [0.5, 0.6) is 0 Å². The molecule has 0 aromatic rings. The van der Waals surface area contributed by atoms with Crippen LogP contribution in [0.25, 0.3) is 0 Å². The van der Waals surface area contributed by atoms with Crippen LogP contribution in [0.2, 0.25) is 0 Å². The van der Waals surface area contributed by atoms with Gasteiger partial charge in [-0.3, -0.25) is 14.6 Å². The molecule has 3 aliphatic heterocycles. The van der Waals surface area contributed by atoms with Crippen molar-refractivity contribution in [3.05, 3.63) is 0 Å². The first-order valence-corrected chi connectivity index (χ1v) is 10.0. The Morgan fingerprint density at radius 3 is 2.90 bits per heavy atom. The Hall–Kier alpha value is -2.74. The number of amidine groups is 2. The van der Waals surface area contributed by atoms with Gasteiger partial charge in [-0.1, -0.05) is 0 Å². The molecule has 13 nitrogen and oxygen atoms in total. The van der Waals surface area contributed by atoms with E-state index in [9.17, 15) is 19.8 Å². The minimum Gasteiger partial charge on any atom is -0.388 e. The molecule has 0 aromatic carbocycles. The first kappa shape index (κ1) is 22.9. The molecular formula is C18H27N7O6. The van der Waals surface area contributed by atoms with E-state index in [1.807, 2.05) is 6.92 Å². The second-order valence-corrected chi connectivity index (χ2v) is 7.10. The number of nitrogens with one attached hydrogen (secondary N) is 3. The van der Waals surface area contributed by atoms with E-state index in [-0.39, 0.29) is 31.3 Å². The van der Waals surface area contributed by atoms with E-state index in [4.69, 9.17) is 9.47 Å². The highest BCUT2D eigenvalue weighted by Crippen LogP contribution is 2.23. The van der Waals surface area contributed by atoms with Crippen LogP contribution in [0.4, 0.5) is 0 Å². The fraction of sp³-hybridized carbons (Fsp3) is 0.667. The summed E-state index contributed by atoms with van der Waals surface area (Å²) in [6.07, 6.45) is -1.59. The molecule has 6 atom stereocenters. The summed E-state index contributed by atoms with van der Waals surface area (Å²) in [4.78, 5) is 40.5. The molecule has 0 bridgehead atoms. The predicted octanol–water partition coefficient (Wildman–Crippen LogP) is -2.68. The van der Waals surface area contributed by atoms with Crippen molar-refractivity contribution in [1.82, 2.24) is 16.0 Å². The van der Waals surface area contributed by atoms with Crippen LogP contribution in [0.1, 0.15) is 20.3 Å². The maximum Gasteiger partial charge on any atom is 0.239 e. The molecule has 13 heteroatoms. The summed E-state index contributed by atoms with van der Waals surface area (Å²) >= 11 is 0. The lowest BCUT2D eigenvalue weighted by Crippen LogP contribution is -2.63. The number of rotatable bonds is 8. The second kappa shape index (κ2) is 10.5. The number of hydrogen-bond donors (Lipinski definition) is 5. The van der Waals surface area contributed by atoms with Crippen molar-refractivity contribution in [2.24, 2.45) is 20.0 Å². The molecule has 3 aliphatic rings. The first-order chi connectivity index (χ1) is 14.9. The van der Waals surface area contributed by atoms with Crippen molar-refractivity contribution in [2.75, 3.05) is 19.8 Å². The lowest BCUT2D eigenvalue weighted by atomic mass is 9.96. The maximum absolute atomic E-state index is 12.2. The summed E-state index contributed by atoms with van der Waals surface area (Å²) in [6, 6.07) is -1.41. The van der Waals surface area contributed by atoms with Gasteiger partial charge in [0, 0.05) is 13.0 Å². The molecular weight excluding hydrogens is 410 g/mol. The molecule has 3 heterocycles. The Morgan fingerprint density at radius 2 is 2.13 bits per heavy atom. The van der Waals surface area contributed by atoms with E-state index >= 15 is 0 Å². The standard InChI is InChI=1S/C18H27N7O6/c1-3-30-5-4-10(26)19-6-11(27)24-12-9(2)31-18(15(29)14(12)28)25-17-13-16(21-7-20-13)22-8-23-17/h7-9,12-15,18,28-29H,3-6H2,1-2H3,(H,19,26)(H,24,27)(H,20,21,22,23,25). The van der Waals surface area contributed by atoms with Crippen molar-refractivity contribution < 1.29 is 29.3 Å². The zero-order valence-electron chi connectivity index (χ0n) is 17.3. The molecule has 0 saturated carbocycles. The number of aliphatic imine (C=N–C) groups is 4. The maximum atomic E-state index is 12.2. The Balaban J connectivity index is 1.54. The topological polar surface area (TPSA) is 179 Å². The van der Waals surface area contributed by atoms with Crippen LogP contribution in [-0.2, 0) is 19.1 Å². The monoisotopic (exact) mass is 437 g/mol. The van der Waals surface area contributed by atoms with Gasteiger partial charge in [0.15, 0.2) is 18.1 Å². The highest BCUT2D eigenvalue weighted by Gasteiger charge is 2.44. The van der Waals surface area contributed by atoms with Gasteiger partial charge in [0.05, 0.1) is 31.6 Å². The average Bonchev–Trinajstić information content (AvgIpc) is 3.23. The van der Waals surface area contributed by atoms with Gasteiger partial charge in [-0.05, 0) is 13.8 Å². The van der Waals surface area contributed by atoms with Crippen molar-refractivity contribution in [1.29, 1.82) is 0 Å². The summed E-state index contributed by atoms with van der Waals surface area (Å²) in [5, 5.41) is 28.9. The Labute approximate surface area is 178 Å². The number of aliphatic hydroxyl groups is 2. The molecule has 31 heavy (non-hydrogen) atoms. The van der Waals surface area contributed by atoms with E-state index in [0.29, 0.717) is 12.4 Å². The number of ether oxygens (including phenoxy) is 2. The van der Waals surface area contributed by atoms with Gasteiger partial charge >= 0.3 is 0 Å². The van der Waals surface area contributed by atoms with Crippen molar-refractivity contribution in [3.8, 4) is 0 Å². The highest BCUT2D eigenvalue weighted by molar-refractivity contribution is 6.21. The molecule has 3 rings (SSSR count). The molecule has 6 unspecified atom stereocenters. The molecule has 0 radical (unpaired) electrons. The van der Waals surface area contributed by atoms with Crippen LogP contribution >= 0.6 is 0 Å². The summed E-state index contributed by atoms with van der Waals surface area (Å²) in [7, 11) is 0. The molecule has 1 fully saturated rings. The van der Waals surface area contributed by atoms with Gasteiger partial charge in [0.25, 0.3) is 0 Å². The number of fused-ring (bicyclic) bond motifs is 1. The van der Waals surface area contributed by atoms with Gasteiger partial charge in [-0.15, -0.1) is 0 Å². The SMILES string of the molecule is CCOCCC(=O)NCC(=O)NC1C(C)OC(/N=C2\N=CNC3=NC=NC32)C(O)C1O. The number of carbonyl (C=O) groups is 2. The minimum absolute atomic E-state index is 0.142. The minimum atomic E-state index is -1.41. The summed E-state index contributed by atoms with van der Waals surface area (Å²) in [5.41, 5.74) is 0. The van der Waals surface area contributed by atoms with Gasteiger partial charge < -0.3 is 35.6 Å². The summed E-state index contributed by atoms with van der Waals surface area (Å²) in [6.45, 7) is 3.97. The number of nitrogens with zero attached hydrogens (tertiary/aromatic N) is 4. The fourth-order valence-corrected chi connectivity index (χ4v) is 3.24. The van der Waals surface area contributed by atoms with Crippen LogP contribution in [0, 0.1) is 0 Å². The zero-order valence-corrected chi connectivity index (χ0v) is 17.3. The third kappa shape index (κ3) is 5.70. The lowest BCUT2D eigenvalue weighted by Gasteiger charge is -2.40. The first-order valence-electron chi connectivity index (χ1n) is 10.0. The molecule has 0 aromatic heterocycles. The zero-order chi connectivity index (χ0) is 22.4. The second-order valence-electron chi connectivity index (χ2n) is 7.10. The smallest absolute Gasteiger partial charge is 0.239 e. The quantitative estimate of drug-likeness (QED) is 0.257. The fourth-order valence-electron chi connectivity index (χ4n) is 3.24. The average molecular weight is 437 g/mol. The molecule has 2 amide bonds. The Kier molecular flexibility index (Phi) is 7.79. The van der Waals surface area contributed by atoms with E-state index in [1.165, 1.54) is 12.7 Å². The Bertz CT molecular complexity index is 798. The lowest BCUT2D eigenvalue weighted by molar-refractivity contribution is -0.178. The van der Waals surface area contributed by atoms with Crippen molar-refractivity contribution in [2.45, 2.75) is 56.9 Å². The largest absolute Gasteiger partial charge is 0.388 e. The van der Waals surface area contributed by atoms with Gasteiger partial charge in [-0.2, -0.15) is 0 Å². The van der Waals surface area contributed by atoms with Crippen molar-refractivity contribution >= 4 is 36.2 Å². The van der Waals surface area contributed by atoms with Gasteiger partial charge in [0.1, 0.15) is 24.4 Å². The Morgan fingerprint density at radius 1 is 1.32 bits per heavy atom. The summed E-state index contributed by atoms with van der Waals surface area (Å²) < 4.78 is 10.8. The molecule has 1 saturated heterocycles. The third-order valence-corrected chi connectivity index (χ3v) is 4.91. The molecule has 0 spiro atoms. The van der Waals surface area contributed by atoms with Crippen LogP contribution in [0.3, 0.4) is 0 Å². The van der Waals surface area contributed by atoms with E-state index in [2.05, 4.69) is 35.9 Å². The third-order valence-electron chi connectivity index (χ3n) is 4.91. The number of carbonyl (C=O) groups excluding carboxylic acids is 2. The molecule has 170 valence electrons. The molecule has 5 N–H and O–H groups in total. The summed E-state index contributed by atoms with van der Waals surface area (Å²) in [5.74, 6) is -0.00798. The normalized spacial score (nSPS) is 32.9. The van der Waals surface area contributed by atoms with E-state index < -0.39 is 42.5 Å². The highest BCUT2D eigenvalue weighted by atomic mass is 16.5. The predicted molar refractivity (Wildman–Crippen MR) is 111 cm³/mol. The number of aliphatic hydroxyl groups excluding tert-OH is 2. The van der Waals surface area contributed by atoms with Crippen LogP contribution < -0.4 is 16.0 Å². The van der Waals surface area contributed by atoms with E-state index in [1.54, 1.807) is 6.92 Å². The van der Waals surface area contributed by atoms with Crippen molar-refractivity contribution in [3.63, 3.8) is 0 Å². The van der Waals surface area contributed by atoms with Gasteiger partial charge in [-0.25, -0.2) is 15.0 Å². The number of amides is 2. The van der Waals surface area contributed by atoms with Crippen LogP contribution in [-0.4, -0.2) is 103 Å².